The zero-order chi connectivity index (χ0) is 16.1. The smallest absolute Gasteiger partial charge is 0.251 e. The van der Waals surface area contributed by atoms with E-state index >= 15 is 0 Å². The molecular formula is C16H13Cl2NO3. The van der Waals surface area contributed by atoms with Crippen LogP contribution in [-0.2, 0) is 0 Å². The molecule has 2 rings (SSSR count). The molecule has 1 amide bonds. The molecular weight excluding hydrogens is 325 g/mol. The molecule has 0 aromatic heterocycles. The lowest BCUT2D eigenvalue weighted by atomic mass is 10.1. The van der Waals surface area contributed by atoms with Gasteiger partial charge in [-0.1, -0.05) is 35.3 Å². The van der Waals surface area contributed by atoms with Crippen molar-refractivity contribution in [1.29, 1.82) is 0 Å². The van der Waals surface area contributed by atoms with E-state index in [1.54, 1.807) is 42.5 Å². The highest BCUT2D eigenvalue weighted by molar-refractivity contribution is 6.34. The maximum atomic E-state index is 12.0. The molecule has 2 aromatic rings. The highest BCUT2D eigenvalue weighted by Crippen LogP contribution is 2.23. The zero-order valence-corrected chi connectivity index (χ0v) is 12.9. The summed E-state index contributed by atoms with van der Waals surface area (Å²) < 4.78 is 0. The van der Waals surface area contributed by atoms with Gasteiger partial charge in [-0.25, -0.2) is 0 Å². The summed E-state index contributed by atoms with van der Waals surface area (Å²) in [6, 6.07) is 10.9. The molecule has 22 heavy (non-hydrogen) atoms. The van der Waals surface area contributed by atoms with E-state index in [4.69, 9.17) is 23.2 Å². The summed E-state index contributed by atoms with van der Waals surface area (Å²) in [6.07, 6.45) is -0.219. The Morgan fingerprint density at radius 3 is 2.27 bits per heavy atom. The van der Waals surface area contributed by atoms with Gasteiger partial charge >= 0.3 is 0 Å². The second-order valence-corrected chi connectivity index (χ2v) is 5.54. The van der Waals surface area contributed by atoms with Crippen molar-refractivity contribution in [2.75, 3.05) is 6.54 Å². The standard InChI is InChI=1S/C16H13Cl2NO3/c17-13-5-12(6-14(18)7-13)15(21)8-19-16(22)11-3-1-10(9-20)2-4-11/h1-7,9,15,21H,8H2,(H,19,22). The molecule has 0 aliphatic carbocycles. The fourth-order valence-corrected chi connectivity index (χ4v) is 2.43. The first-order valence-electron chi connectivity index (χ1n) is 6.47. The molecule has 0 saturated heterocycles. The number of amides is 1. The minimum absolute atomic E-state index is 0.0188. The minimum Gasteiger partial charge on any atom is -0.387 e. The third-order valence-corrected chi connectivity index (χ3v) is 3.47. The second-order valence-electron chi connectivity index (χ2n) is 4.67. The van der Waals surface area contributed by atoms with Crippen LogP contribution in [0.25, 0.3) is 0 Å². The van der Waals surface area contributed by atoms with Crippen molar-refractivity contribution in [3.8, 4) is 0 Å². The lowest BCUT2D eigenvalue weighted by Crippen LogP contribution is -2.28. The van der Waals surface area contributed by atoms with Crippen molar-refractivity contribution in [1.82, 2.24) is 5.32 Å². The third-order valence-electron chi connectivity index (χ3n) is 3.03. The Hall–Kier alpha value is -1.88. The van der Waals surface area contributed by atoms with Crippen LogP contribution >= 0.6 is 23.2 Å². The zero-order valence-electron chi connectivity index (χ0n) is 11.4. The van der Waals surface area contributed by atoms with Gasteiger partial charge in [-0.15, -0.1) is 0 Å². The van der Waals surface area contributed by atoms with Crippen LogP contribution in [-0.4, -0.2) is 23.8 Å². The van der Waals surface area contributed by atoms with Crippen LogP contribution in [0, 0.1) is 0 Å². The average molecular weight is 338 g/mol. The lowest BCUT2D eigenvalue weighted by molar-refractivity contribution is 0.0916. The van der Waals surface area contributed by atoms with Crippen LogP contribution in [0.15, 0.2) is 42.5 Å². The van der Waals surface area contributed by atoms with Crippen molar-refractivity contribution in [2.24, 2.45) is 0 Å². The predicted octanol–water partition coefficient (Wildman–Crippen LogP) is 3.27. The van der Waals surface area contributed by atoms with Gasteiger partial charge in [-0.05, 0) is 35.9 Å². The largest absolute Gasteiger partial charge is 0.387 e. The van der Waals surface area contributed by atoms with Gasteiger partial charge in [0.2, 0.25) is 0 Å². The minimum atomic E-state index is -0.922. The normalized spacial score (nSPS) is 11.8. The second kappa shape index (κ2) is 7.40. The molecule has 0 aliphatic rings. The molecule has 4 nitrogen and oxygen atoms in total. The Morgan fingerprint density at radius 2 is 1.73 bits per heavy atom. The molecule has 6 heteroatoms. The first-order valence-corrected chi connectivity index (χ1v) is 7.22. The Bertz CT molecular complexity index is 666. The van der Waals surface area contributed by atoms with Gasteiger partial charge in [0.15, 0.2) is 0 Å². The Labute approximate surface area is 137 Å². The van der Waals surface area contributed by atoms with Crippen molar-refractivity contribution in [3.63, 3.8) is 0 Å². The summed E-state index contributed by atoms with van der Waals surface area (Å²) in [5.41, 5.74) is 1.42. The summed E-state index contributed by atoms with van der Waals surface area (Å²) in [7, 11) is 0. The fourth-order valence-electron chi connectivity index (χ4n) is 1.89. The van der Waals surface area contributed by atoms with Crippen LogP contribution in [0.5, 0.6) is 0 Å². The highest BCUT2D eigenvalue weighted by atomic mass is 35.5. The molecule has 0 heterocycles. The van der Waals surface area contributed by atoms with Gasteiger partial charge < -0.3 is 10.4 Å². The predicted molar refractivity (Wildman–Crippen MR) is 85.6 cm³/mol. The van der Waals surface area contributed by atoms with Gasteiger partial charge in [0.05, 0.1) is 6.10 Å². The lowest BCUT2D eigenvalue weighted by Gasteiger charge is -2.13. The van der Waals surface area contributed by atoms with Crippen LogP contribution in [0.3, 0.4) is 0 Å². The number of aliphatic hydroxyl groups excluding tert-OH is 1. The molecule has 0 bridgehead atoms. The van der Waals surface area contributed by atoms with Crippen molar-refractivity contribution < 1.29 is 14.7 Å². The number of rotatable bonds is 5. The maximum Gasteiger partial charge on any atom is 0.251 e. The number of hydrogen-bond donors (Lipinski definition) is 2. The van der Waals surface area contributed by atoms with Crippen molar-refractivity contribution >= 4 is 35.4 Å². The average Bonchev–Trinajstić information content (AvgIpc) is 2.51. The number of halogens is 2. The number of benzene rings is 2. The maximum absolute atomic E-state index is 12.0. The van der Waals surface area contributed by atoms with Crippen LogP contribution in [0.1, 0.15) is 32.4 Å². The van der Waals surface area contributed by atoms with Gasteiger partial charge in [-0.3, -0.25) is 9.59 Å². The van der Waals surface area contributed by atoms with Crippen molar-refractivity contribution in [3.05, 3.63) is 69.2 Å². The van der Waals surface area contributed by atoms with Crippen LogP contribution in [0.4, 0.5) is 0 Å². The molecule has 1 unspecified atom stereocenters. The highest BCUT2D eigenvalue weighted by Gasteiger charge is 2.12. The molecule has 0 aliphatic heterocycles. The summed E-state index contributed by atoms with van der Waals surface area (Å²) in [6.45, 7) is 0.0188. The number of carbonyl (C=O) groups excluding carboxylic acids is 2. The SMILES string of the molecule is O=Cc1ccc(C(=O)NCC(O)c2cc(Cl)cc(Cl)c2)cc1. The first kappa shape index (κ1) is 16.5. The number of nitrogens with one attached hydrogen (secondary N) is 1. The molecule has 0 spiro atoms. The van der Waals surface area contributed by atoms with E-state index < -0.39 is 6.10 Å². The van der Waals surface area contributed by atoms with E-state index in [0.717, 1.165) is 0 Å². The number of carbonyl (C=O) groups is 2. The van der Waals surface area contributed by atoms with Crippen LogP contribution in [0.2, 0.25) is 10.0 Å². The molecule has 0 fully saturated rings. The summed E-state index contributed by atoms with van der Waals surface area (Å²) >= 11 is 11.7. The number of aldehydes is 1. The first-order chi connectivity index (χ1) is 10.5. The number of hydrogen-bond acceptors (Lipinski definition) is 3. The summed E-state index contributed by atoms with van der Waals surface area (Å²) in [5, 5.41) is 13.5. The quantitative estimate of drug-likeness (QED) is 0.823. The van der Waals surface area contributed by atoms with Gasteiger partial charge in [0.25, 0.3) is 5.91 Å². The molecule has 0 radical (unpaired) electrons. The molecule has 2 N–H and O–H groups in total. The van der Waals surface area contributed by atoms with E-state index in [1.165, 1.54) is 0 Å². The third kappa shape index (κ3) is 4.31. The number of aliphatic hydroxyl groups is 1. The molecule has 0 saturated carbocycles. The monoisotopic (exact) mass is 337 g/mol. The van der Waals surface area contributed by atoms with E-state index in [9.17, 15) is 14.7 Å². The van der Waals surface area contributed by atoms with Gasteiger partial charge in [0.1, 0.15) is 6.29 Å². The van der Waals surface area contributed by atoms with E-state index in [1.807, 2.05) is 0 Å². The topological polar surface area (TPSA) is 66.4 Å². The Morgan fingerprint density at radius 1 is 1.14 bits per heavy atom. The fraction of sp³-hybridized carbons (Fsp3) is 0.125. The molecule has 114 valence electrons. The van der Waals surface area contributed by atoms with Gasteiger partial charge in [0, 0.05) is 27.7 Å². The van der Waals surface area contributed by atoms with Gasteiger partial charge in [-0.2, -0.15) is 0 Å². The van der Waals surface area contributed by atoms with E-state index in [-0.39, 0.29) is 12.5 Å². The van der Waals surface area contributed by atoms with Crippen molar-refractivity contribution in [2.45, 2.75) is 6.10 Å². The van der Waals surface area contributed by atoms with Crippen LogP contribution < -0.4 is 5.32 Å². The summed E-state index contributed by atoms with van der Waals surface area (Å²) in [5.74, 6) is -0.343. The van der Waals surface area contributed by atoms with E-state index in [0.29, 0.717) is 33.0 Å². The molecule has 2 aromatic carbocycles. The Kier molecular flexibility index (Phi) is 5.55. The molecule has 1 atom stereocenters. The van der Waals surface area contributed by atoms with E-state index in [2.05, 4.69) is 5.32 Å². The summed E-state index contributed by atoms with van der Waals surface area (Å²) in [4.78, 5) is 22.5. The Balaban J connectivity index is 1.98.